The van der Waals surface area contributed by atoms with Crippen LogP contribution in [0.5, 0.6) is 5.75 Å². The van der Waals surface area contributed by atoms with E-state index in [-0.39, 0.29) is 0 Å². The molecule has 3 rings (SSSR count). The lowest BCUT2D eigenvalue weighted by Crippen LogP contribution is -2.31. The lowest BCUT2D eigenvalue weighted by atomic mass is 9.99. The van der Waals surface area contributed by atoms with Crippen molar-refractivity contribution in [3.05, 3.63) is 41.1 Å². The largest absolute Gasteiger partial charge is 0.497 e. The predicted octanol–water partition coefficient (Wildman–Crippen LogP) is 4.38. The van der Waals surface area contributed by atoms with Crippen molar-refractivity contribution in [2.45, 2.75) is 59.0 Å². The third kappa shape index (κ3) is 4.09. The zero-order valence-electron chi connectivity index (χ0n) is 16.5. The Balaban J connectivity index is 1.88. The zero-order chi connectivity index (χ0) is 18.7. The van der Waals surface area contributed by atoms with E-state index in [1.807, 2.05) is 6.07 Å². The van der Waals surface area contributed by atoms with Gasteiger partial charge in [-0.3, -0.25) is 0 Å². The van der Waals surface area contributed by atoms with Gasteiger partial charge >= 0.3 is 0 Å². The molecule has 0 unspecified atom stereocenters. The Labute approximate surface area is 156 Å². The Morgan fingerprint density at radius 3 is 2.65 bits per heavy atom. The first kappa shape index (κ1) is 18.5. The minimum Gasteiger partial charge on any atom is -0.497 e. The minimum absolute atomic E-state index is 0.361. The van der Waals surface area contributed by atoms with Crippen molar-refractivity contribution < 1.29 is 4.74 Å². The molecule has 1 aromatic carbocycles. The number of hydrogen-bond acceptors (Lipinski definition) is 5. The molecule has 26 heavy (non-hydrogen) atoms. The van der Waals surface area contributed by atoms with E-state index in [2.05, 4.69) is 56.1 Å². The molecule has 0 saturated heterocycles. The van der Waals surface area contributed by atoms with Gasteiger partial charge < -0.3 is 15.0 Å². The molecule has 1 aliphatic heterocycles. The molecule has 0 fully saturated rings. The van der Waals surface area contributed by atoms with Crippen molar-refractivity contribution in [1.82, 2.24) is 9.97 Å². The first-order valence-corrected chi connectivity index (χ1v) is 9.56. The summed E-state index contributed by atoms with van der Waals surface area (Å²) < 4.78 is 5.35. The molecule has 0 radical (unpaired) electrons. The SMILES string of the molecule is CC[C@H](C)Nc1nc(C(C)C)cc(N2CCc3cc(OC)ccc3C2)n1. The molecule has 2 aromatic rings. The van der Waals surface area contributed by atoms with E-state index < -0.39 is 0 Å². The molecule has 0 aliphatic carbocycles. The number of fused-ring (bicyclic) bond motifs is 1. The maximum Gasteiger partial charge on any atom is 0.225 e. The molecule has 0 amide bonds. The molecule has 1 aliphatic rings. The summed E-state index contributed by atoms with van der Waals surface area (Å²) in [5, 5.41) is 3.44. The molecule has 0 saturated carbocycles. The summed E-state index contributed by atoms with van der Waals surface area (Å²) in [5.74, 6) is 3.05. The highest BCUT2D eigenvalue weighted by molar-refractivity contribution is 5.49. The first-order chi connectivity index (χ1) is 12.5. The van der Waals surface area contributed by atoms with Gasteiger partial charge in [-0.05, 0) is 48.9 Å². The quantitative estimate of drug-likeness (QED) is 0.834. The maximum absolute atomic E-state index is 5.35. The highest BCUT2D eigenvalue weighted by Crippen LogP contribution is 2.28. The highest BCUT2D eigenvalue weighted by atomic mass is 16.5. The second-order valence-corrected chi connectivity index (χ2v) is 7.39. The normalized spacial score (nSPS) is 14.9. The Morgan fingerprint density at radius 1 is 1.15 bits per heavy atom. The van der Waals surface area contributed by atoms with E-state index >= 15 is 0 Å². The zero-order valence-corrected chi connectivity index (χ0v) is 16.5. The van der Waals surface area contributed by atoms with Gasteiger partial charge in [0.1, 0.15) is 11.6 Å². The van der Waals surface area contributed by atoms with Crippen molar-refractivity contribution in [3.8, 4) is 5.75 Å². The molecule has 0 spiro atoms. The number of methoxy groups -OCH3 is 1. The van der Waals surface area contributed by atoms with Crippen molar-refractivity contribution in [2.24, 2.45) is 0 Å². The van der Waals surface area contributed by atoms with Crippen LogP contribution >= 0.6 is 0 Å². The lowest BCUT2D eigenvalue weighted by Gasteiger charge is -2.30. The standard InChI is InChI=1S/C21H30N4O/c1-6-15(4)22-21-23-19(14(2)3)12-20(24-21)25-10-9-16-11-18(26-5)8-7-17(16)13-25/h7-8,11-12,14-15H,6,9-10,13H2,1-5H3,(H,22,23,24)/t15-/m0/s1. The van der Waals surface area contributed by atoms with Gasteiger partial charge in [-0.15, -0.1) is 0 Å². The van der Waals surface area contributed by atoms with Crippen LogP contribution in [-0.4, -0.2) is 29.7 Å². The van der Waals surface area contributed by atoms with Gasteiger partial charge in [-0.2, -0.15) is 4.98 Å². The summed E-state index contributed by atoms with van der Waals surface area (Å²) in [7, 11) is 1.72. The van der Waals surface area contributed by atoms with Crippen molar-refractivity contribution in [3.63, 3.8) is 0 Å². The van der Waals surface area contributed by atoms with Crippen LogP contribution in [0.25, 0.3) is 0 Å². The summed E-state index contributed by atoms with van der Waals surface area (Å²) in [4.78, 5) is 11.9. The molecule has 5 heteroatoms. The summed E-state index contributed by atoms with van der Waals surface area (Å²) >= 11 is 0. The van der Waals surface area contributed by atoms with Gasteiger partial charge in [0.05, 0.1) is 12.8 Å². The molecule has 2 heterocycles. The monoisotopic (exact) mass is 354 g/mol. The molecule has 1 aromatic heterocycles. The van der Waals surface area contributed by atoms with Crippen LogP contribution in [-0.2, 0) is 13.0 Å². The fourth-order valence-electron chi connectivity index (χ4n) is 3.15. The number of aromatic nitrogens is 2. The summed E-state index contributed by atoms with van der Waals surface area (Å²) in [6.07, 6.45) is 2.05. The van der Waals surface area contributed by atoms with Crippen LogP contribution in [0, 0.1) is 0 Å². The number of hydrogen-bond donors (Lipinski definition) is 1. The molecule has 1 N–H and O–H groups in total. The van der Waals surface area contributed by atoms with E-state index in [1.54, 1.807) is 7.11 Å². The number of nitrogens with one attached hydrogen (secondary N) is 1. The van der Waals surface area contributed by atoms with Gasteiger partial charge in [0.2, 0.25) is 5.95 Å². The van der Waals surface area contributed by atoms with Crippen LogP contribution in [0.15, 0.2) is 24.3 Å². The lowest BCUT2D eigenvalue weighted by molar-refractivity contribution is 0.413. The summed E-state index contributed by atoms with van der Waals surface area (Å²) in [6, 6.07) is 8.86. The average molecular weight is 354 g/mol. The molecule has 1 atom stereocenters. The Kier molecular flexibility index (Phi) is 5.64. The molecular formula is C21H30N4O. The Morgan fingerprint density at radius 2 is 1.96 bits per heavy atom. The Hall–Kier alpha value is -2.30. The van der Waals surface area contributed by atoms with Gasteiger partial charge in [0.15, 0.2) is 0 Å². The number of benzene rings is 1. The van der Waals surface area contributed by atoms with E-state index in [0.717, 1.165) is 49.1 Å². The van der Waals surface area contributed by atoms with Crippen molar-refractivity contribution in [2.75, 3.05) is 23.9 Å². The van der Waals surface area contributed by atoms with E-state index in [1.165, 1.54) is 11.1 Å². The predicted molar refractivity (Wildman–Crippen MR) is 107 cm³/mol. The number of rotatable bonds is 6. The van der Waals surface area contributed by atoms with Gasteiger partial charge in [0.25, 0.3) is 0 Å². The molecule has 0 bridgehead atoms. The van der Waals surface area contributed by atoms with Crippen LogP contribution in [0.2, 0.25) is 0 Å². The number of nitrogens with zero attached hydrogens (tertiary/aromatic N) is 3. The van der Waals surface area contributed by atoms with Crippen LogP contribution < -0.4 is 15.0 Å². The van der Waals surface area contributed by atoms with E-state index in [9.17, 15) is 0 Å². The Bertz CT molecular complexity index is 760. The minimum atomic E-state index is 0.361. The van der Waals surface area contributed by atoms with Crippen LogP contribution in [0.1, 0.15) is 56.9 Å². The summed E-state index contributed by atoms with van der Waals surface area (Å²) in [6.45, 7) is 10.5. The van der Waals surface area contributed by atoms with Crippen molar-refractivity contribution in [1.29, 1.82) is 0 Å². The first-order valence-electron chi connectivity index (χ1n) is 9.56. The second kappa shape index (κ2) is 7.94. The fourth-order valence-corrected chi connectivity index (χ4v) is 3.15. The number of ether oxygens (including phenoxy) is 1. The highest BCUT2D eigenvalue weighted by Gasteiger charge is 2.20. The van der Waals surface area contributed by atoms with Gasteiger partial charge in [-0.1, -0.05) is 26.8 Å². The third-order valence-corrected chi connectivity index (χ3v) is 5.06. The second-order valence-electron chi connectivity index (χ2n) is 7.39. The molecular weight excluding hydrogens is 324 g/mol. The maximum atomic E-state index is 5.35. The fraction of sp³-hybridized carbons (Fsp3) is 0.524. The molecule has 5 nitrogen and oxygen atoms in total. The van der Waals surface area contributed by atoms with Crippen LogP contribution in [0.4, 0.5) is 11.8 Å². The summed E-state index contributed by atoms with van der Waals surface area (Å²) in [5.41, 5.74) is 3.80. The van der Waals surface area contributed by atoms with Gasteiger partial charge in [-0.25, -0.2) is 4.98 Å². The smallest absolute Gasteiger partial charge is 0.225 e. The van der Waals surface area contributed by atoms with Crippen molar-refractivity contribution >= 4 is 11.8 Å². The third-order valence-electron chi connectivity index (χ3n) is 5.06. The van der Waals surface area contributed by atoms with E-state index in [4.69, 9.17) is 14.7 Å². The number of anilines is 2. The molecule has 140 valence electrons. The topological polar surface area (TPSA) is 50.3 Å². The average Bonchev–Trinajstić information content (AvgIpc) is 2.66. The van der Waals surface area contributed by atoms with E-state index in [0.29, 0.717) is 12.0 Å². The van der Waals surface area contributed by atoms with Crippen LogP contribution in [0.3, 0.4) is 0 Å². The van der Waals surface area contributed by atoms with Gasteiger partial charge in [0, 0.05) is 25.2 Å².